The Balaban J connectivity index is 1.81. The molecule has 0 aromatic heterocycles. The number of fused-ring (bicyclic) bond motifs is 2. The fourth-order valence-corrected chi connectivity index (χ4v) is 4.37. The van der Waals surface area contributed by atoms with Crippen LogP contribution in [0.4, 0.5) is 0 Å². The Bertz CT molecular complexity index is 1100. The summed E-state index contributed by atoms with van der Waals surface area (Å²) in [6.45, 7) is 0. The summed E-state index contributed by atoms with van der Waals surface area (Å²) in [5.41, 5.74) is 2.90. The van der Waals surface area contributed by atoms with Gasteiger partial charge in [0.05, 0.1) is 5.57 Å². The van der Waals surface area contributed by atoms with Crippen molar-refractivity contribution in [2.24, 2.45) is 0 Å². The summed E-state index contributed by atoms with van der Waals surface area (Å²) in [6, 6.07) is 22.8. The number of ether oxygens (including phenoxy) is 1. The van der Waals surface area contributed by atoms with E-state index in [1.54, 1.807) is 0 Å². The molecule has 0 atom stereocenters. The van der Waals surface area contributed by atoms with E-state index in [9.17, 15) is 9.59 Å². The highest BCUT2D eigenvalue weighted by Crippen LogP contribution is 2.32. The molecular weight excluding hydrogens is 344 g/mol. The first-order chi connectivity index (χ1) is 12.7. The third kappa shape index (κ3) is 2.23. The van der Waals surface area contributed by atoms with Gasteiger partial charge in [-0.1, -0.05) is 60.7 Å². The number of rotatable bonds is 2. The Kier molecular flexibility index (Phi) is 3.33. The van der Waals surface area contributed by atoms with Crippen LogP contribution in [0.2, 0.25) is 0 Å². The number of hydrogen-bond acceptors (Lipinski definition) is 4. The van der Waals surface area contributed by atoms with Gasteiger partial charge in [-0.3, -0.25) is 4.79 Å². The van der Waals surface area contributed by atoms with Crippen molar-refractivity contribution in [1.29, 1.82) is 0 Å². The molecule has 0 fully saturated rings. The second-order valence-corrected chi connectivity index (χ2v) is 7.12. The molecule has 2 heterocycles. The van der Waals surface area contributed by atoms with E-state index < -0.39 is 0 Å². The van der Waals surface area contributed by atoms with Crippen LogP contribution in [0.25, 0.3) is 11.1 Å². The van der Waals surface area contributed by atoms with Crippen molar-refractivity contribution in [3.63, 3.8) is 0 Å². The van der Waals surface area contributed by atoms with Crippen LogP contribution in [-0.4, -0.2) is 11.1 Å². The number of thioether (sulfide) groups is 1. The number of benzene rings is 3. The third-order valence-corrected chi connectivity index (χ3v) is 5.51. The van der Waals surface area contributed by atoms with Gasteiger partial charge in [0.2, 0.25) is 5.12 Å². The maximum Gasteiger partial charge on any atom is 0.344 e. The first-order valence-corrected chi connectivity index (χ1v) is 9.02. The molecule has 4 heteroatoms. The van der Waals surface area contributed by atoms with E-state index >= 15 is 0 Å². The van der Waals surface area contributed by atoms with E-state index in [2.05, 4.69) is 0 Å². The third-order valence-electron chi connectivity index (χ3n) is 4.56. The molecule has 0 saturated carbocycles. The van der Waals surface area contributed by atoms with Crippen molar-refractivity contribution in [2.45, 2.75) is 4.90 Å². The molecule has 0 bridgehead atoms. The fourth-order valence-electron chi connectivity index (χ4n) is 3.40. The van der Waals surface area contributed by atoms with Crippen LogP contribution in [-0.2, 0) is 9.59 Å². The minimum Gasteiger partial charge on any atom is -0.422 e. The van der Waals surface area contributed by atoms with Crippen molar-refractivity contribution >= 4 is 34.0 Å². The van der Waals surface area contributed by atoms with Gasteiger partial charge in [0.25, 0.3) is 0 Å². The second-order valence-electron chi connectivity index (χ2n) is 6.11. The molecule has 26 heavy (non-hydrogen) atoms. The average Bonchev–Trinajstić information content (AvgIpc) is 3.15. The summed E-state index contributed by atoms with van der Waals surface area (Å²) >= 11 is 1.20. The van der Waals surface area contributed by atoms with Crippen LogP contribution in [0.5, 0.6) is 5.75 Å². The summed E-state index contributed by atoms with van der Waals surface area (Å²) in [4.78, 5) is 25.9. The molecule has 0 unspecified atom stereocenters. The first kappa shape index (κ1) is 15.2. The summed E-state index contributed by atoms with van der Waals surface area (Å²) in [5, 5.41) is 1.59. The zero-order chi connectivity index (χ0) is 17.7. The molecule has 0 radical (unpaired) electrons. The molecule has 3 aromatic rings. The second kappa shape index (κ2) is 5.71. The van der Waals surface area contributed by atoms with Crippen LogP contribution in [0.1, 0.15) is 11.1 Å². The molecule has 0 N–H and O–H groups in total. The summed E-state index contributed by atoms with van der Waals surface area (Å²) in [5.74, 6) is 0.156. The van der Waals surface area contributed by atoms with E-state index in [1.165, 1.54) is 11.8 Å². The van der Waals surface area contributed by atoms with Gasteiger partial charge in [-0.25, -0.2) is 4.79 Å². The minimum absolute atomic E-state index is 0.0162. The Morgan fingerprint density at radius 1 is 0.692 bits per heavy atom. The number of carbonyl (C=O) groups excluding carboxylic acids is 2. The van der Waals surface area contributed by atoms with E-state index in [0.29, 0.717) is 16.9 Å². The number of esters is 1. The molecule has 0 saturated heterocycles. The molecule has 5 rings (SSSR count). The van der Waals surface area contributed by atoms with Gasteiger partial charge < -0.3 is 4.74 Å². The molecule has 0 aliphatic carbocycles. The van der Waals surface area contributed by atoms with Gasteiger partial charge in [-0.05, 0) is 35.0 Å². The molecule has 0 spiro atoms. The van der Waals surface area contributed by atoms with Gasteiger partial charge >= 0.3 is 5.97 Å². The Labute approximate surface area is 153 Å². The minimum atomic E-state index is -0.354. The molecule has 0 amide bonds. The quantitative estimate of drug-likeness (QED) is 0.523. The highest BCUT2D eigenvalue weighted by molar-refractivity contribution is 8.15. The molecule has 3 aromatic carbocycles. The van der Waals surface area contributed by atoms with E-state index in [1.807, 2.05) is 72.8 Å². The standard InChI is InChI=1S/C22H12O3S/c23-21-19(13-7-3-1-4-8-13)15-12-18-16(11-17(15)25-21)20(22(24)26-18)14-9-5-2-6-10-14/h1-12H. The van der Waals surface area contributed by atoms with E-state index in [0.717, 1.165) is 26.5 Å². The molecule has 3 nitrogen and oxygen atoms in total. The van der Waals surface area contributed by atoms with Gasteiger partial charge in [0.15, 0.2) is 0 Å². The van der Waals surface area contributed by atoms with Gasteiger partial charge in [-0.15, -0.1) is 0 Å². The van der Waals surface area contributed by atoms with Crippen LogP contribution in [0.15, 0.2) is 77.7 Å². The zero-order valence-corrected chi connectivity index (χ0v) is 14.4. The first-order valence-electron chi connectivity index (χ1n) is 8.20. The van der Waals surface area contributed by atoms with Crippen LogP contribution < -0.4 is 15.2 Å². The summed E-state index contributed by atoms with van der Waals surface area (Å²) in [6.07, 6.45) is 0. The normalized spacial score (nSPS) is 15.1. The van der Waals surface area contributed by atoms with Gasteiger partial charge in [0.1, 0.15) is 5.75 Å². The van der Waals surface area contributed by atoms with Crippen molar-refractivity contribution < 1.29 is 14.3 Å². The largest absolute Gasteiger partial charge is 0.422 e. The smallest absolute Gasteiger partial charge is 0.344 e. The number of carbonyl (C=O) groups is 2. The van der Waals surface area contributed by atoms with E-state index in [4.69, 9.17) is 4.74 Å². The van der Waals surface area contributed by atoms with Crippen LogP contribution in [0, 0.1) is 0 Å². The number of hydrogen-bond donors (Lipinski definition) is 0. The zero-order valence-electron chi connectivity index (χ0n) is 13.6. The van der Waals surface area contributed by atoms with Crippen molar-refractivity contribution in [3.05, 3.63) is 94.4 Å². The maximum atomic E-state index is 12.6. The predicted molar refractivity (Wildman–Crippen MR) is 100 cm³/mol. The van der Waals surface area contributed by atoms with Crippen LogP contribution >= 0.6 is 11.8 Å². The molecular formula is C22H12O3S. The molecule has 124 valence electrons. The summed E-state index contributed by atoms with van der Waals surface area (Å²) in [7, 11) is 0. The van der Waals surface area contributed by atoms with Gasteiger partial charge in [0, 0.05) is 20.9 Å². The maximum absolute atomic E-state index is 12.6. The van der Waals surface area contributed by atoms with Crippen LogP contribution in [0.3, 0.4) is 0 Å². The Hall–Kier alpha value is -3.11. The highest BCUT2D eigenvalue weighted by Gasteiger charge is 2.29. The van der Waals surface area contributed by atoms with E-state index in [-0.39, 0.29) is 11.1 Å². The monoisotopic (exact) mass is 356 g/mol. The average molecular weight is 356 g/mol. The lowest BCUT2D eigenvalue weighted by atomic mass is 10.0. The Morgan fingerprint density at radius 3 is 1.96 bits per heavy atom. The lowest BCUT2D eigenvalue weighted by Crippen LogP contribution is -2.13. The van der Waals surface area contributed by atoms with Crippen molar-refractivity contribution in [3.8, 4) is 5.75 Å². The molecule has 2 aliphatic heterocycles. The topological polar surface area (TPSA) is 43.4 Å². The summed E-state index contributed by atoms with van der Waals surface area (Å²) < 4.78 is 5.51. The highest BCUT2D eigenvalue weighted by atomic mass is 32.2. The SMILES string of the molecule is O=C1Oc2cc3c(cc2=C1c1ccccc1)SC(=O)C=3c1ccccc1. The lowest BCUT2D eigenvalue weighted by Gasteiger charge is -2.00. The Morgan fingerprint density at radius 2 is 1.31 bits per heavy atom. The fraction of sp³-hybridized carbons (Fsp3) is 0. The van der Waals surface area contributed by atoms with Gasteiger partial charge in [-0.2, -0.15) is 0 Å². The predicted octanol–water partition coefficient (Wildman–Crippen LogP) is 2.64. The molecule has 2 aliphatic rings. The lowest BCUT2D eigenvalue weighted by molar-refractivity contribution is -0.127. The van der Waals surface area contributed by atoms with Crippen molar-refractivity contribution in [2.75, 3.05) is 0 Å². The van der Waals surface area contributed by atoms with Crippen molar-refractivity contribution in [1.82, 2.24) is 0 Å².